The molecular weight excluding hydrogens is 402 g/mol. The molecule has 1 saturated carbocycles. The summed E-state index contributed by atoms with van der Waals surface area (Å²) in [4.78, 5) is 20.1. The molecule has 1 aliphatic carbocycles. The number of H-pyrrole nitrogens is 1. The summed E-state index contributed by atoms with van der Waals surface area (Å²) in [5.41, 5.74) is 3.70. The van der Waals surface area contributed by atoms with Gasteiger partial charge in [-0.1, -0.05) is 0 Å². The van der Waals surface area contributed by atoms with Crippen LogP contribution in [0.2, 0.25) is 0 Å². The third-order valence-electron chi connectivity index (χ3n) is 7.86. The summed E-state index contributed by atoms with van der Waals surface area (Å²) < 4.78 is 5.28. The minimum Gasteiger partial charge on any atom is -0.497 e. The van der Waals surface area contributed by atoms with E-state index < -0.39 is 0 Å². The molecular formula is C25H35N5O2. The van der Waals surface area contributed by atoms with Crippen molar-refractivity contribution in [1.82, 2.24) is 24.9 Å². The van der Waals surface area contributed by atoms with Gasteiger partial charge >= 0.3 is 0 Å². The Bertz CT molecular complexity index is 932. The molecule has 3 heterocycles. The molecule has 1 spiro atoms. The van der Waals surface area contributed by atoms with E-state index >= 15 is 0 Å². The smallest absolute Gasteiger partial charge is 0.226 e. The van der Waals surface area contributed by atoms with Crippen molar-refractivity contribution in [3.05, 3.63) is 36.0 Å². The minimum atomic E-state index is 0.261. The number of nitrogens with one attached hydrogen (secondary N) is 1. The van der Waals surface area contributed by atoms with Crippen molar-refractivity contribution >= 4 is 5.91 Å². The predicted octanol–water partition coefficient (Wildman–Crippen LogP) is 2.85. The largest absolute Gasteiger partial charge is 0.497 e. The van der Waals surface area contributed by atoms with Gasteiger partial charge in [-0.25, -0.2) is 0 Å². The van der Waals surface area contributed by atoms with E-state index in [-0.39, 0.29) is 11.3 Å². The van der Waals surface area contributed by atoms with Crippen LogP contribution in [0.4, 0.5) is 0 Å². The number of methoxy groups -OCH3 is 1. The van der Waals surface area contributed by atoms with E-state index in [9.17, 15) is 4.79 Å². The summed E-state index contributed by atoms with van der Waals surface area (Å²) in [6.07, 6.45) is 6.40. The van der Waals surface area contributed by atoms with Crippen molar-refractivity contribution in [3.63, 3.8) is 0 Å². The molecule has 7 heteroatoms. The van der Waals surface area contributed by atoms with Crippen LogP contribution in [0.1, 0.15) is 31.2 Å². The van der Waals surface area contributed by atoms with Gasteiger partial charge in [0.05, 0.1) is 19.0 Å². The van der Waals surface area contributed by atoms with Gasteiger partial charge in [0.25, 0.3) is 0 Å². The maximum atomic E-state index is 13.2. The number of carbonyl (C=O) groups excluding carboxylic acids is 1. The maximum Gasteiger partial charge on any atom is 0.226 e. The summed E-state index contributed by atoms with van der Waals surface area (Å²) in [6, 6.07) is 8.11. The summed E-state index contributed by atoms with van der Waals surface area (Å²) in [7, 11) is 3.84. The summed E-state index contributed by atoms with van der Waals surface area (Å²) in [5, 5.41) is 7.48. The molecule has 1 unspecified atom stereocenters. The fourth-order valence-electron chi connectivity index (χ4n) is 5.57. The molecule has 1 aromatic heterocycles. The molecule has 2 aliphatic heterocycles. The molecule has 5 rings (SSSR count). The van der Waals surface area contributed by atoms with Crippen molar-refractivity contribution in [1.29, 1.82) is 0 Å². The quantitative estimate of drug-likeness (QED) is 0.779. The molecule has 3 fully saturated rings. The highest BCUT2D eigenvalue weighted by atomic mass is 16.5. The zero-order chi connectivity index (χ0) is 22.1. The minimum absolute atomic E-state index is 0.261. The van der Waals surface area contributed by atoms with Gasteiger partial charge in [-0.05, 0) is 82.0 Å². The standard InChI is InChI=1S/C25H35N5O2/c1-28-10-3-11-30(15-14-28)24(31)22-16-25(22)8-12-29(13-9-25)18-20-17-26-27-23(20)19-4-6-21(32-2)7-5-19/h4-7,17,22H,3,8-16,18H2,1-2H3,(H,26,27). The molecule has 1 N–H and O–H groups in total. The van der Waals surface area contributed by atoms with Gasteiger partial charge in [0.2, 0.25) is 5.91 Å². The summed E-state index contributed by atoms with van der Waals surface area (Å²) in [5.74, 6) is 1.54. The predicted molar refractivity (Wildman–Crippen MR) is 124 cm³/mol. The Morgan fingerprint density at radius 3 is 2.66 bits per heavy atom. The number of hydrogen-bond donors (Lipinski definition) is 1. The first kappa shape index (κ1) is 21.5. The number of ether oxygens (including phenoxy) is 1. The average molecular weight is 438 g/mol. The highest BCUT2D eigenvalue weighted by Gasteiger charge is 2.59. The Morgan fingerprint density at radius 1 is 1.12 bits per heavy atom. The van der Waals surface area contributed by atoms with E-state index in [0.29, 0.717) is 5.91 Å². The second kappa shape index (κ2) is 8.87. The number of benzene rings is 1. The highest BCUT2D eigenvalue weighted by molar-refractivity contribution is 5.82. The number of aromatic amines is 1. The van der Waals surface area contributed by atoms with E-state index in [0.717, 1.165) is 88.5 Å². The van der Waals surface area contributed by atoms with Crippen molar-refractivity contribution < 1.29 is 9.53 Å². The Balaban J connectivity index is 1.16. The van der Waals surface area contributed by atoms with Gasteiger partial charge in [-0.15, -0.1) is 0 Å². The van der Waals surface area contributed by atoms with Crippen molar-refractivity contribution in [2.45, 2.75) is 32.2 Å². The molecule has 2 saturated heterocycles. The van der Waals surface area contributed by atoms with Crippen LogP contribution in [0.15, 0.2) is 30.5 Å². The van der Waals surface area contributed by atoms with Crippen LogP contribution in [-0.4, -0.2) is 84.2 Å². The number of carbonyl (C=O) groups is 1. The lowest BCUT2D eigenvalue weighted by atomic mass is 9.90. The van der Waals surface area contributed by atoms with E-state index in [1.54, 1.807) is 7.11 Å². The molecule has 3 aliphatic rings. The Labute approximate surface area is 190 Å². The number of likely N-dealkylation sites (N-methyl/N-ethyl adjacent to an activating group) is 1. The van der Waals surface area contributed by atoms with Crippen LogP contribution >= 0.6 is 0 Å². The number of rotatable bonds is 5. The molecule has 7 nitrogen and oxygen atoms in total. The number of piperidine rings is 1. The highest BCUT2D eigenvalue weighted by Crippen LogP contribution is 2.60. The Kier molecular flexibility index (Phi) is 5.95. The van der Waals surface area contributed by atoms with Gasteiger partial charge in [0.15, 0.2) is 0 Å². The number of likely N-dealkylation sites (tertiary alicyclic amines) is 1. The topological polar surface area (TPSA) is 64.7 Å². The maximum absolute atomic E-state index is 13.2. The third-order valence-corrected chi connectivity index (χ3v) is 7.86. The molecule has 1 aromatic carbocycles. The molecule has 172 valence electrons. The van der Waals surface area contributed by atoms with Crippen molar-refractivity contribution in [2.24, 2.45) is 11.3 Å². The number of nitrogens with zero attached hydrogens (tertiary/aromatic N) is 4. The second-order valence-corrected chi connectivity index (χ2v) is 9.88. The molecule has 1 amide bonds. The molecule has 0 bridgehead atoms. The molecule has 0 radical (unpaired) electrons. The zero-order valence-electron chi connectivity index (χ0n) is 19.3. The first-order valence-corrected chi connectivity index (χ1v) is 11.9. The fourth-order valence-corrected chi connectivity index (χ4v) is 5.57. The van der Waals surface area contributed by atoms with Gasteiger partial charge in [-0.3, -0.25) is 14.8 Å². The van der Waals surface area contributed by atoms with Crippen LogP contribution < -0.4 is 4.74 Å². The monoisotopic (exact) mass is 437 g/mol. The molecule has 32 heavy (non-hydrogen) atoms. The lowest BCUT2D eigenvalue weighted by Gasteiger charge is -2.33. The summed E-state index contributed by atoms with van der Waals surface area (Å²) >= 11 is 0. The van der Waals surface area contributed by atoms with Crippen LogP contribution in [0.5, 0.6) is 5.75 Å². The van der Waals surface area contributed by atoms with E-state index in [2.05, 4.69) is 44.1 Å². The van der Waals surface area contributed by atoms with Gasteiger partial charge in [0, 0.05) is 43.2 Å². The van der Waals surface area contributed by atoms with Gasteiger partial charge < -0.3 is 14.5 Å². The van der Waals surface area contributed by atoms with E-state index in [1.807, 2.05) is 18.3 Å². The normalized spacial score (nSPS) is 23.8. The summed E-state index contributed by atoms with van der Waals surface area (Å²) in [6.45, 7) is 6.92. The fraction of sp³-hybridized carbons (Fsp3) is 0.600. The Hall–Kier alpha value is -2.38. The average Bonchev–Trinajstić information content (AvgIpc) is 3.40. The Morgan fingerprint density at radius 2 is 1.91 bits per heavy atom. The number of hydrogen-bond acceptors (Lipinski definition) is 5. The SMILES string of the molecule is COc1ccc(-c2[nH]ncc2CN2CCC3(CC2)CC3C(=O)N2CCCN(C)CC2)cc1. The number of amides is 1. The van der Waals surface area contributed by atoms with E-state index in [1.165, 1.54) is 5.56 Å². The van der Waals surface area contributed by atoms with Crippen LogP contribution in [0, 0.1) is 11.3 Å². The van der Waals surface area contributed by atoms with Crippen LogP contribution in [-0.2, 0) is 11.3 Å². The first-order chi connectivity index (χ1) is 15.6. The lowest BCUT2D eigenvalue weighted by Crippen LogP contribution is -2.39. The molecule has 1 atom stereocenters. The van der Waals surface area contributed by atoms with Crippen molar-refractivity contribution in [2.75, 3.05) is 53.4 Å². The third kappa shape index (κ3) is 4.28. The lowest BCUT2D eigenvalue weighted by molar-refractivity contribution is -0.133. The zero-order valence-corrected chi connectivity index (χ0v) is 19.3. The van der Waals surface area contributed by atoms with Gasteiger partial charge in [-0.2, -0.15) is 5.10 Å². The second-order valence-electron chi connectivity index (χ2n) is 9.88. The first-order valence-electron chi connectivity index (χ1n) is 11.9. The van der Waals surface area contributed by atoms with Gasteiger partial charge in [0.1, 0.15) is 5.75 Å². The molecule has 2 aromatic rings. The van der Waals surface area contributed by atoms with Crippen molar-refractivity contribution in [3.8, 4) is 17.0 Å². The number of aromatic nitrogens is 2. The van der Waals surface area contributed by atoms with Crippen LogP contribution in [0.25, 0.3) is 11.3 Å². The van der Waals surface area contributed by atoms with Crippen LogP contribution in [0.3, 0.4) is 0 Å². The van der Waals surface area contributed by atoms with E-state index in [4.69, 9.17) is 4.74 Å².